The van der Waals surface area contributed by atoms with E-state index in [0.717, 1.165) is 25.6 Å². The van der Waals surface area contributed by atoms with Crippen LogP contribution in [-0.2, 0) is 18.4 Å². The predicted octanol–water partition coefficient (Wildman–Crippen LogP) is 2.02. The highest BCUT2D eigenvalue weighted by atomic mass is 28.4. The lowest BCUT2D eigenvalue weighted by Gasteiger charge is -2.26. The topological polar surface area (TPSA) is 48.0 Å². The van der Waals surface area contributed by atoms with Crippen molar-refractivity contribution >= 4 is 14.5 Å². The van der Waals surface area contributed by atoms with Gasteiger partial charge < -0.3 is 18.5 Å². The van der Waals surface area contributed by atoms with Gasteiger partial charge in [-0.15, -0.1) is 0 Å². The van der Waals surface area contributed by atoms with E-state index in [1.165, 1.54) is 7.11 Å². The average Bonchev–Trinajstić information content (AvgIpc) is 2.36. The molecule has 0 unspecified atom stereocenters. The van der Waals surface area contributed by atoms with Crippen LogP contribution in [0.1, 0.15) is 26.7 Å². The van der Waals surface area contributed by atoms with Crippen molar-refractivity contribution in [1.29, 1.82) is 0 Å². The van der Waals surface area contributed by atoms with Gasteiger partial charge in [0.1, 0.15) is 0 Å². The Kier molecular flexibility index (Phi) is 10.1. The number of nitrogens with zero attached hydrogens (tertiary/aromatic N) is 1. The number of esters is 1. The zero-order valence-electron chi connectivity index (χ0n) is 13.0. The molecule has 114 valence electrons. The Bertz CT molecular complexity index is 245. The van der Waals surface area contributed by atoms with E-state index in [0.29, 0.717) is 19.6 Å². The van der Waals surface area contributed by atoms with Gasteiger partial charge in [0.2, 0.25) is 0 Å². The molecular formula is C13H29NO4Si. The molecule has 0 saturated carbocycles. The zero-order chi connectivity index (χ0) is 14.7. The van der Waals surface area contributed by atoms with Crippen molar-refractivity contribution in [2.45, 2.75) is 39.3 Å². The highest BCUT2D eigenvalue weighted by molar-refractivity contribution is 6.66. The van der Waals surface area contributed by atoms with Crippen molar-refractivity contribution in [3.05, 3.63) is 0 Å². The molecule has 0 spiro atoms. The van der Waals surface area contributed by atoms with Crippen LogP contribution in [0.25, 0.3) is 0 Å². The van der Waals surface area contributed by atoms with Gasteiger partial charge in [-0.25, -0.2) is 0 Å². The highest BCUT2D eigenvalue weighted by Gasteiger charge is 2.29. The largest absolute Gasteiger partial charge is 0.469 e. The third-order valence-electron chi connectivity index (χ3n) is 3.00. The standard InChI is InChI=1S/C13H29NO4Si/c1-6-17-19(5,18-7-2)12-8-10-14(3)11-9-13(15)16-4/h6-12H2,1-5H3. The minimum absolute atomic E-state index is 0.158. The highest BCUT2D eigenvalue weighted by Crippen LogP contribution is 2.16. The van der Waals surface area contributed by atoms with Gasteiger partial charge >= 0.3 is 14.5 Å². The first kappa shape index (κ1) is 18.6. The monoisotopic (exact) mass is 291 g/mol. The average molecular weight is 291 g/mol. The summed E-state index contributed by atoms with van der Waals surface area (Å²) in [4.78, 5) is 13.2. The van der Waals surface area contributed by atoms with Crippen molar-refractivity contribution < 1.29 is 18.4 Å². The molecule has 0 saturated heterocycles. The fourth-order valence-corrected chi connectivity index (χ4v) is 4.36. The van der Waals surface area contributed by atoms with E-state index in [2.05, 4.69) is 16.2 Å². The van der Waals surface area contributed by atoms with Crippen LogP contribution in [-0.4, -0.2) is 59.9 Å². The Morgan fingerprint density at radius 2 is 1.74 bits per heavy atom. The fraction of sp³-hybridized carbons (Fsp3) is 0.923. The second kappa shape index (κ2) is 10.4. The number of rotatable bonds is 11. The van der Waals surface area contributed by atoms with E-state index in [4.69, 9.17) is 8.85 Å². The normalized spacial score (nSPS) is 11.9. The van der Waals surface area contributed by atoms with Crippen LogP contribution >= 0.6 is 0 Å². The van der Waals surface area contributed by atoms with E-state index in [1.807, 2.05) is 20.9 Å². The maximum absolute atomic E-state index is 11.0. The lowest BCUT2D eigenvalue weighted by molar-refractivity contribution is -0.140. The number of hydrogen-bond donors (Lipinski definition) is 0. The first-order valence-corrected chi connectivity index (χ1v) is 9.53. The molecule has 0 rings (SSSR count). The summed E-state index contributed by atoms with van der Waals surface area (Å²) in [5.74, 6) is -0.158. The Morgan fingerprint density at radius 3 is 2.21 bits per heavy atom. The van der Waals surface area contributed by atoms with Crippen molar-refractivity contribution in [1.82, 2.24) is 4.90 Å². The molecule has 0 aromatic heterocycles. The molecule has 0 heterocycles. The molecule has 0 N–H and O–H groups in total. The molecule has 6 heteroatoms. The SMILES string of the molecule is CCO[Si](C)(CCCN(C)CCC(=O)OC)OCC. The third kappa shape index (κ3) is 9.15. The summed E-state index contributed by atoms with van der Waals surface area (Å²) < 4.78 is 16.2. The summed E-state index contributed by atoms with van der Waals surface area (Å²) in [6, 6.07) is 0.983. The lowest BCUT2D eigenvalue weighted by atomic mass is 10.3. The second-order valence-corrected chi connectivity index (χ2v) is 8.08. The maximum Gasteiger partial charge on any atom is 0.334 e. The fourth-order valence-electron chi connectivity index (χ4n) is 1.96. The quantitative estimate of drug-likeness (QED) is 0.430. The lowest BCUT2D eigenvalue weighted by Crippen LogP contribution is -2.39. The number of hydrogen-bond acceptors (Lipinski definition) is 5. The molecule has 0 aromatic rings. The molecule has 5 nitrogen and oxygen atoms in total. The number of methoxy groups -OCH3 is 1. The van der Waals surface area contributed by atoms with Crippen molar-refractivity contribution in [3.8, 4) is 0 Å². The van der Waals surface area contributed by atoms with Gasteiger partial charge in [0, 0.05) is 19.8 Å². The molecule has 0 radical (unpaired) electrons. The van der Waals surface area contributed by atoms with Gasteiger partial charge in [-0.3, -0.25) is 4.79 Å². The van der Waals surface area contributed by atoms with E-state index in [9.17, 15) is 4.79 Å². The molecule has 0 fully saturated rings. The van der Waals surface area contributed by atoms with Gasteiger partial charge in [0.25, 0.3) is 0 Å². The summed E-state index contributed by atoms with van der Waals surface area (Å²) in [5, 5.41) is 0. The van der Waals surface area contributed by atoms with Crippen LogP contribution in [0.5, 0.6) is 0 Å². The Labute approximate surface area is 118 Å². The summed E-state index contributed by atoms with van der Waals surface area (Å²) in [6.07, 6.45) is 1.47. The number of carbonyl (C=O) groups is 1. The minimum Gasteiger partial charge on any atom is -0.469 e. The molecule has 0 atom stereocenters. The van der Waals surface area contributed by atoms with Gasteiger partial charge in [-0.2, -0.15) is 0 Å². The minimum atomic E-state index is -1.99. The van der Waals surface area contributed by atoms with E-state index >= 15 is 0 Å². The van der Waals surface area contributed by atoms with Crippen LogP contribution in [0.15, 0.2) is 0 Å². The third-order valence-corrected chi connectivity index (χ3v) is 6.06. The molecule has 0 amide bonds. The van der Waals surface area contributed by atoms with Crippen molar-refractivity contribution in [3.63, 3.8) is 0 Å². The molecular weight excluding hydrogens is 262 g/mol. The van der Waals surface area contributed by atoms with Gasteiger partial charge in [0.15, 0.2) is 0 Å². The maximum atomic E-state index is 11.0. The van der Waals surface area contributed by atoms with Gasteiger partial charge in [-0.1, -0.05) is 0 Å². The molecule has 0 bridgehead atoms. The molecule has 0 aliphatic rings. The summed E-state index contributed by atoms with van der Waals surface area (Å²) in [6.45, 7) is 9.23. The molecule has 0 aliphatic heterocycles. The van der Waals surface area contributed by atoms with E-state index in [1.54, 1.807) is 0 Å². The van der Waals surface area contributed by atoms with Crippen molar-refractivity contribution in [2.24, 2.45) is 0 Å². The van der Waals surface area contributed by atoms with Gasteiger partial charge in [0.05, 0.1) is 13.5 Å². The Balaban J connectivity index is 3.88. The smallest absolute Gasteiger partial charge is 0.334 e. The van der Waals surface area contributed by atoms with Crippen LogP contribution < -0.4 is 0 Å². The van der Waals surface area contributed by atoms with Gasteiger partial charge in [-0.05, 0) is 46.5 Å². The zero-order valence-corrected chi connectivity index (χ0v) is 14.0. The molecule has 0 aromatic carbocycles. The van der Waals surface area contributed by atoms with Crippen LogP contribution in [0.4, 0.5) is 0 Å². The van der Waals surface area contributed by atoms with Crippen molar-refractivity contribution in [2.75, 3.05) is 40.5 Å². The van der Waals surface area contributed by atoms with Crippen LogP contribution in [0.3, 0.4) is 0 Å². The summed E-state index contributed by atoms with van der Waals surface area (Å²) in [5.41, 5.74) is 0. The summed E-state index contributed by atoms with van der Waals surface area (Å²) >= 11 is 0. The van der Waals surface area contributed by atoms with E-state index in [-0.39, 0.29) is 5.97 Å². The Hall–Kier alpha value is -0.433. The summed E-state index contributed by atoms with van der Waals surface area (Å²) in [7, 11) is 1.45. The number of ether oxygens (including phenoxy) is 1. The second-order valence-electron chi connectivity index (χ2n) is 4.73. The first-order valence-electron chi connectivity index (χ1n) is 7.00. The first-order chi connectivity index (χ1) is 8.97. The molecule has 0 aliphatic carbocycles. The number of carbonyl (C=O) groups excluding carboxylic acids is 1. The molecule has 19 heavy (non-hydrogen) atoms. The van der Waals surface area contributed by atoms with Crippen LogP contribution in [0.2, 0.25) is 12.6 Å². The van der Waals surface area contributed by atoms with Crippen LogP contribution in [0, 0.1) is 0 Å². The Morgan fingerprint density at radius 1 is 1.16 bits per heavy atom. The predicted molar refractivity (Wildman–Crippen MR) is 78.4 cm³/mol. The van der Waals surface area contributed by atoms with E-state index < -0.39 is 8.56 Å².